The summed E-state index contributed by atoms with van der Waals surface area (Å²) in [6.45, 7) is 3.16. The monoisotopic (exact) mass is 507 g/mol. The largest absolute Gasteiger partial charge is 0.489 e. The number of likely N-dealkylation sites (tertiary alicyclic amines) is 1. The molecular formula is C27H27ClFN5O2. The number of amides is 1. The summed E-state index contributed by atoms with van der Waals surface area (Å²) in [5.41, 5.74) is 9.89. The Labute approximate surface area is 212 Å². The first kappa shape index (κ1) is 22.1. The molecule has 2 aromatic heterocycles. The molecule has 0 unspecified atom stereocenters. The van der Waals surface area contributed by atoms with Crippen molar-refractivity contribution >= 4 is 39.4 Å². The average molecular weight is 508 g/mol. The third kappa shape index (κ3) is 3.50. The zero-order valence-corrected chi connectivity index (χ0v) is 20.6. The van der Waals surface area contributed by atoms with Crippen molar-refractivity contribution in [3.63, 3.8) is 0 Å². The van der Waals surface area contributed by atoms with E-state index < -0.39 is 5.82 Å². The van der Waals surface area contributed by atoms with Gasteiger partial charge in [-0.1, -0.05) is 11.6 Å². The first-order chi connectivity index (χ1) is 17.5. The molecule has 3 aliphatic rings. The highest BCUT2D eigenvalue weighted by atomic mass is 35.5. The van der Waals surface area contributed by atoms with E-state index in [1.54, 1.807) is 6.07 Å². The summed E-state index contributed by atoms with van der Waals surface area (Å²) in [7, 11) is 0. The van der Waals surface area contributed by atoms with Crippen LogP contribution in [0.25, 0.3) is 33.5 Å². The van der Waals surface area contributed by atoms with Gasteiger partial charge in [0, 0.05) is 36.6 Å². The van der Waals surface area contributed by atoms with Gasteiger partial charge in [-0.05, 0) is 61.9 Å². The minimum atomic E-state index is -0.420. The standard InChI is InChI=1S/C27H27ClFN5O2/c28-23-19(29)6-5-16-11-21(34(24(16)23)13-15-3-4-15)26-31-20-10-17(12-22-25(20)33(26)8-9-36-22)27(35)32-7-1-2-18(30)14-32/h5-6,10-12,15,18H,1-4,7-9,13-14,30H2/t18-/m1/s1. The number of benzene rings is 2. The van der Waals surface area contributed by atoms with Gasteiger partial charge in [-0.15, -0.1) is 0 Å². The van der Waals surface area contributed by atoms with Crippen LogP contribution in [0.1, 0.15) is 36.0 Å². The minimum absolute atomic E-state index is 0.0110. The Morgan fingerprint density at radius 3 is 2.83 bits per heavy atom. The molecule has 186 valence electrons. The maximum Gasteiger partial charge on any atom is 0.254 e. The number of carbonyl (C=O) groups is 1. The summed E-state index contributed by atoms with van der Waals surface area (Å²) in [5.74, 6) is 1.54. The number of carbonyl (C=O) groups excluding carboxylic acids is 1. The Hall–Kier alpha value is -3.10. The van der Waals surface area contributed by atoms with Crippen LogP contribution in [-0.4, -0.2) is 50.7 Å². The molecule has 1 atom stereocenters. The molecule has 7 nitrogen and oxygen atoms in total. The van der Waals surface area contributed by atoms with E-state index in [0.29, 0.717) is 54.5 Å². The second-order valence-corrected chi connectivity index (χ2v) is 10.7. The van der Waals surface area contributed by atoms with Crippen LogP contribution in [0.5, 0.6) is 5.75 Å². The molecule has 1 aliphatic carbocycles. The molecule has 0 radical (unpaired) electrons. The van der Waals surface area contributed by atoms with Crippen LogP contribution >= 0.6 is 11.6 Å². The summed E-state index contributed by atoms with van der Waals surface area (Å²) < 4.78 is 24.7. The molecule has 2 N–H and O–H groups in total. The predicted molar refractivity (Wildman–Crippen MR) is 137 cm³/mol. The molecule has 0 bridgehead atoms. The third-order valence-corrected chi connectivity index (χ3v) is 8.05. The zero-order chi connectivity index (χ0) is 24.6. The fraction of sp³-hybridized carbons (Fsp3) is 0.407. The first-order valence-corrected chi connectivity index (χ1v) is 13.1. The predicted octanol–water partition coefficient (Wildman–Crippen LogP) is 4.82. The van der Waals surface area contributed by atoms with Gasteiger partial charge in [0.25, 0.3) is 5.91 Å². The number of nitrogens with two attached hydrogens (primary N) is 1. The Bertz CT molecular complexity index is 1540. The second-order valence-electron chi connectivity index (χ2n) is 10.3. The molecule has 1 saturated carbocycles. The van der Waals surface area contributed by atoms with Crippen LogP contribution < -0.4 is 10.5 Å². The van der Waals surface area contributed by atoms with Crippen LogP contribution in [-0.2, 0) is 13.1 Å². The van der Waals surface area contributed by atoms with Crippen molar-refractivity contribution in [2.45, 2.75) is 44.8 Å². The lowest BCUT2D eigenvalue weighted by Gasteiger charge is -2.31. The van der Waals surface area contributed by atoms with Crippen molar-refractivity contribution in [1.82, 2.24) is 19.0 Å². The van der Waals surface area contributed by atoms with E-state index in [2.05, 4.69) is 9.13 Å². The number of aromatic nitrogens is 3. The normalized spacial score (nSPS) is 19.8. The number of piperidine rings is 1. The average Bonchev–Trinajstić information content (AvgIpc) is 3.52. The topological polar surface area (TPSA) is 78.3 Å². The Balaban J connectivity index is 1.39. The number of hydrogen-bond acceptors (Lipinski definition) is 4. The number of rotatable bonds is 4. The van der Waals surface area contributed by atoms with E-state index >= 15 is 0 Å². The molecule has 4 aromatic rings. The highest BCUT2D eigenvalue weighted by Crippen LogP contribution is 2.41. The molecule has 4 heterocycles. The summed E-state index contributed by atoms with van der Waals surface area (Å²) in [4.78, 5) is 20.2. The van der Waals surface area contributed by atoms with E-state index in [-0.39, 0.29) is 17.0 Å². The summed E-state index contributed by atoms with van der Waals surface area (Å²) in [6.07, 6.45) is 4.16. The number of ether oxygens (including phenoxy) is 1. The summed E-state index contributed by atoms with van der Waals surface area (Å²) in [6, 6.07) is 8.94. The molecular weight excluding hydrogens is 481 g/mol. The molecule has 1 saturated heterocycles. The van der Waals surface area contributed by atoms with Crippen molar-refractivity contribution in [3.05, 3.63) is 46.7 Å². The Morgan fingerprint density at radius 2 is 2.03 bits per heavy atom. The molecule has 2 aromatic carbocycles. The smallest absolute Gasteiger partial charge is 0.254 e. The fourth-order valence-corrected chi connectivity index (χ4v) is 6.00. The van der Waals surface area contributed by atoms with Gasteiger partial charge in [0.05, 0.1) is 23.3 Å². The number of nitrogens with zero attached hydrogens (tertiary/aromatic N) is 4. The van der Waals surface area contributed by atoms with Gasteiger partial charge in [0.15, 0.2) is 5.82 Å². The minimum Gasteiger partial charge on any atom is -0.489 e. The third-order valence-electron chi connectivity index (χ3n) is 7.69. The summed E-state index contributed by atoms with van der Waals surface area (Å²) in [5, 5.41) is 1.03. The van der Waals surface area contributed by atoms with Crippen molar-refractivity contribution in [3.8, 4) is 17.3 Å². The number of imidazole rings is 1. The number of fused-ring (bicyclic) bond motifs is 1. The van der Waals surface area contributed by atoms with E-state index in [1.165, 1.54) is 6.07 Å². The van der Waals surface area contributed by atoms with Gasteiger partial charge in [-0.3, -0.25) is 4.79 Å². The van der Waals surface area contributed by atoms with Crippen LogP contribution in [0.4, 0.5) is 4.39 Å². The molecule has 7 rings (SSSR count). The van der Waals surface area contributed by atoms with Crippen LogP contribution in [0.15, 0.2) is 30.3 Å². The lowest BCUT2D eigenvalue weighted by molar-refractivity contribution is 0.0708. The highest BCUT2D eigenvalue weighted by Gasteiger charge is 2.30. The van der Waals surface area contributed by atoms with E-state index in [9.17, 15) is 9.18 Å². The van der Waals surface area contributed by atoms with E-state index in [4.69, 9.17) is 27.1 Å². The van der Waals surface area contributed by atoms with Crippen LogP contribution in [0.2, 0.25) is 5.02 Å². The van der Waals surface area contributed by atoms with Gasteiger partial charge < -0.3 is 24.5 Å². The van der Waals surface area contributed by atoms with E-state index in [1.807, 2.05) is 23.1 Å². The molecule has 2 fully saturated rings. The number of hydrogen-bond donors (Lipinski definition) is 1. The lowest BCUT2D eigenvalue weighted by Crippen LogP contribution is -2.45. The van der Waals surface area contributed by atoms with Crippen LogP contribution in [0, 0.1) is 11.7 Å². The van der Waals surface area contributed by atoms with Gasteiger partial charge >= 0.3 is 0 Å². The molecule has 36 heavy (non-hydrogen) atoms. The second kappa shape index (κ2) is 8.21. The number of halogens is 2. The lowest BCUT2D eigenvalue weighted by atomic mass is 10.0. The molecule has 2 aliphatic heterocycles. The van der Waals surface area contributed by atoms with Crippen LogP contribution in [0.3, 0.4) is 0 Å². The Morgan fingerprint density at radius 1 is 1.17 bits per heavy atom. The fourth-order valence-electron chi connectivity index (χ4n) is 5.73. The van der Waals surface area contributed by atoms with Crippen molar-refractivity contribution in [1.29, 1.82) is 0 Å². The summed E-state index contributed by atoms with van der Waals surface area (Å²) >= 11 is 6.47. The molecule has 1 amide bonds. The van der Waals surface area contributed by atoms with Gasteiger partial charge in [-0.25, -0.2) is 9.37 Å². The SMILES string of the molecule is N[C@@H]1CCCN(C(=O)c2cc3c4c(c2)nc(-c2cc5ccc(F)c(Cl)c5n2CC2CC2)n4CCO3)C1. The highest BCUT2D eigenvalue weighted by molar-refractivity contribution is 6.35. The maximum absolute atomic E-state index is 14.4. The van der Waals surface area contributed by atoms with Gasteiger partial charge in [-0.2, -0.15) is 0 Å². The van der Waals surface area contributed by atoms with Crippen molar-refractivity contribution < 1.29 is 13.9 Å². The van der Waals surface area contributed by atoms with Gasteiger partial charge in [0.2, 0.25) is 0 Å². The molecule has 0 spiro atoms. The zero-order valence-electron chi connectivity index (χ0n) is 19.8. The first-order valence-electron chi connectivity index (χ1n) is 12.7. The molecule has 9 heteroatoms. The Kier molecular flexibility index (Phi) is 5.05. The van der Waals surface area contributed by atoms with Crippen molar-refractivity contribution in [2.75, 3.05) is 19.7 Å². The quantitative estimate of drug-likeness (QED) is 0.430. The van der Waals surface area contributed by atoms with Gasteiger partial charge in [0.1, 0.15) is 28.7 Å². The maximum atomic E-state index is 14.4. The van der Waals surface area contributed by atoms with Crippen molar-refractivity contribution in [2.24, 2.45) is 11.7 Å². The van der Waals surface area contributed by atoms with E-state index in [0.717, 1.165) is 54.6 Å².